The molecule has 0 aliphatic rings. The molecule has 0 fully saturated rings. The van der Waals surface area contributed by atoms with E-state index in [1.807, 2.05) is 44.2 Å². The number of benzene rings is 2. The third-order valence-corrected chi connectivity index (χ3v) is 3.63. The molecule has 6 nitrogen and oxygen atoms in total. The highest BCUT2D eigenvalue weighted by atomic mass is 16.1. The van der Waals surface area contributed by atoms with Crippen LogP contribution in [-0.4, -0.2) is 26.1 Å². The predicted octanol–water partition coefficient (Wildman–Crippen LogP) is 2.75. The summed E-state index contributed by atoms with van der Waals surface area (Å²) in [5.41, 5.74) is 4.37. The Morgan fingerprint density at radius 2 is 1.96 bits per heavy atom. The van der Waals surface area contributed by atoms with Crippen LogP contribution in [0.3, 0.4) is 0 Å². The first-order chi connectivity index (χ1) is 11.0. The third kappa shape index (κ3) is 3.11. The predicted molar refractivity (Wildman–Crippen MR) is 88.1 cm³/mol. The van der Waals surface area contributed by atoms with Crippen molar-refractivity contribution in [2.45, 2.75) is 13.8 Å². The van der Waals surface area contributed by atoms with Crippen molar-refractivity contribution in [2.24, 2.45) is 7.05 Å². The van der Waals surface area contributed by atoms with Gasteiger partial charge in [0.15, 0.2) is 5.82 Å². The molecule has 2 aromatic carbocycles. The molecule has 116 valence electrons. The zero-order chi connectivity index (χ0) is 16.4. The number of aryl methyl sites for hydroxylation is 3. The quantitative estimate of drug-likeness (QED) is 0.807. The standard InChI is InChI=1S/C17H17N5O/c1-11-7-8-15(12(2)9-11)18-17(23)14-6-4-5-13(10-14)16-19-20-21-22(16)3/h4-10H,1-3H3,(H,18,23). The maximum atomic E-state index is 12.5. The number of carbonyl (C=O) groups excluding carboxylic acids is 1. The molecule has 0 saturated carbocycles. The van der Waals surface area contributed by atoms with E-state index in [0.29, 0.717) is 11.4 Å². The van der Waals surface area contributed by atoms with Gasteiger partial charge in [-0.2, -0.15) is 0 Å². The SMILES string of the molecule is Cc1ccc(NC(=O)c2cccc(-c3nnnn3C)c2)c(C)c1. The maximum Gasteiger partial charge on any atom is 0.255 e. The Kier molecular flexibility index (Phi) is 3.89. The van der Waals surface area contributed by atoms with Gasteiger partial charge in [-0.05, 0) is 48.0 Å². The van der Waals surface area contributed by atoms with Gasteiger partial charge in [0.25, 0.3) is 5.91 Å². The van der Waals surface area contributed by atoms with Crippen LogP contribution < -0.4 is 5.32 Å². The monoisotopic (exact) mass is 307 g/mol. The summed E-state index contributed by atoms with van der Waals surface area (Å²) >= 11 is 0. The number of nitrogens with zero attached hydrogens (tertiary/aromatic N) is 4. The molecule has 0 saturated heterocycles. The minimum Gasteiger partial charge on any atom is -0.322 e. The van der Waals surface area contributed by atoms with Crippen LogP contribution in [-0.2, 0) is 7.05 Å². The van der Waals surface area contributed by atoms with Crippen molar-refractivity contribution in [3.63, 3.8) is 0 Å². The first-order valence-electron chi connectivity index (χ1n) is 7.26. The van der Waals surface area contributed by atoms with Gasteiger partial charge in [-0.15, -0.1) is 5.10 Å². The number of nitrogens with one attached hydrogen (secondary N) is 1. The first kappa shape index (κ1) is 14.9. The number of aromatic nitrogens is 4. The van der Waals surface area contributed by atoms with Gasteiger partial charge in [0.1, 0.15) is 0 Å². The number of anilines is 1. The molecular formula is C17H17N5O. The van der Waals surface area contributed by atoms with Crippen LogP contribution in [0.1, 0.15) is 21.5 Å². The lowest BCUT2D eigenvalue weighted by Gasteiger charge is -2.10. The summed E-state index contributed by atoms with van der Waals surface area (Å²) in [7, 11) is 1.76. The number of carbonyl (C=O) groups is 1. The third-order valence-electron chi connectivity index (χ3n) is 3.63. The fourth-order valence-corrected chi connectivity index (χ4v) is 2.42. The van der Waals surface area contributed by atoms with E-state index in [9.17, 15) is 4.79 Å². The van der Waals surface area contributed by atoms with Crippen molar-refractivity contribution in [3.8, 4) is 11.4 Å². The van der Waals surface area contributed by atoms with Crippen molar-refractivity contribution in [2.75, 3.05) is 5.32 Å². The van der Waals surface area contributed by atoms with Crippen molar-refractivity contribution in [3.05, 3.63) is 59.2 Å². The molecule has 3 rings (SSSR count). The average molecular weight is 307 g/mol. The van der Waals surface area contributed by atoms with E-state index >= 15 is 0 Å². The first-order valence-corrected chi connectivity index (χ1v) is 7.26. The highest BCUT2D eigenvalue weighted by Gasteiger charge is 2.11. The summed E-state index contributed by atoms with van der Waals surface area (Å²) in [4.78, 5) is 12.5. The van der Waals surface area contributed by atoms with E-state index in [1.54, 1.807) is 23.9 Å². The van der Waals surface area contributed by atoms with E-state index in [-0.39, 0.29) is 5.91 Å². The second-order valence-corrected chi connectivity index (χ2v) is 5.48. The van der Waals surface area contributed by atoms with E-state index in [2.05, 4.69) is 20.8 Å². The minimum absolute atomic E-state index is 0.158. The zero-order valence-corrected chi connectivity index (χ0v) is 13.2. The molecular weight excluding hydrogens is 290 g/mol. The van der Waals surface area contributed by atoms with Gasteiger partial charge < -0.3 is 5.32 Å². The Labute approximate surface area is 134 Å². The number of amides is 1. The summed E-state index contributed by atoms with van der Waals surface area (Å²) in [5, 5.41) is 14.3. The van der Waals surface area contributed by atoms with Crippen LogP contribution in [0.15, 0.2) is 42.5 Å². The second kappa shape index (κ2) is 6.00. The van der Waals surface area contributed by atoms with Crippen LogP contribution in [0.4, 0.5) is 5.69 Å². The molecule has 0 aliphatic heterocycles. The molecule has 0 radical (unpaired) electrons. The van der Waals surface area contributed by atoms with Gasteiger partial charge in [-0.3, -0.25) is 4.79 Å². The molecule has 0 unspecified atom stereocenters. The van der Waals surface area contributed by atoms with Crippen molar-refractivity contribution < 1.29 is 4.79 Å². The summed E-state index contributed by atoms with van der Waals surface area (Å²) in [5.74, 6) is 0.458. The van der Waals surface area contributed by atoms with Gasteiger partial charge >= 0.3 is 0 Å². The molecule has 1 aromatic heterocycles. The maximum absolute atomic E-state index is 12.5. The smallest absolute Gasteiger partial charge is 0.255 e. The highest BCUT2D eigenvalue weighted by Crippen LogP contribution is 2.20. The topological polar surface area (TPSA) is 72.7 Å². The summed E-state index contributed by atoms with van der Waals surface area (Å²) in [6.45, 7) is 4.00. The second-order valence-electron chi connectivity index (χ2n) is 5.48. The molecule has 1 heterocycles. The normalized spacial score (nSPS) is 10.6. The molecule has 1 N–H and O–H groups in total. The number of rotatable bonds is 3. The highest BCUT2D eigenvalue weighted by molar-refractivity contribution is 6.05. The molecule has 1 amide bonds. The zero-order valence-electron chi connectivity index (χ0n) is 13.2. The lowest BCUT2D eigenvalue weighted by atomic mass is 10.1. The van der Waals surface area contributed by atoms with E-state index in [0.717, 1.165) is 22.4 Å². The van der Waals surface area contributed by atoms with Crippen molar-refractivity contribution >= 4 is 11.6 Å². The molecule has 0 spiro atoms. The summed E-state index contributed by atoms with van der Waals surface area (Å²) in [6.07, 6.45) is 0. The lowest BCUT2D eigenvalue weighted by molar-refractivity contribution is 0.102. The molecule has 0 atom stereocenters. The van der Waals surface area contributed by atoms with Crippen LogP contribution in [0.25, 0.3) is 11.4 Å². The van der Waals surface area contributed by atoms with Crippen LogP contribution >= 0.6 is 0 Å². The lowest BCUT2D eigenvalue weighted by Crippen LogP contribution is -2.13. The van der Waals surface area contributed by atoms with Gasteiger partial charge in [0.2, 0.25) is 0 Å². The Balaban J connectivity index is 1.87. The minimum atomic E-state index is -0.158. The van der Waals surface area contributed by atoms with E-state index in [4.69, 9.17) is 0 Å². The van der Waals surface area contributed by atoms with Crippen molar-refractivity contribution in [1.82, 2.24) is 20.2 Å². The Bertz CT molecular complexity index is 869. The molecule has 23 heavy (non-hydrogen) atoms. The van der Waals surface area contributed by atoms with Gasteiger partial charge in [-0.1, -0.05) is 29.8 Å². The Morgan fingerprint density at radius 1 is 1.13 bits per heavy atom. The van der Waals surface area contributed by atoms with Crippen LogP contribution in [0.2, 0.25) is 0 Å². The van der Waals surface area contributed by atoms with E-state index < -0.39 is 0 Å². The molecule has 0 aliphatic carbocycles. The van der Waals surface area contributed by atoms with E-state index in [1.165, 1.54) is 0 Å². The fraction of sp³-hybridized carbons (Fsp3) is 0.176. The van der Waals surface area contributed by atoms with Crippen LogP contribution in [0.5, 0.6) is 0 Å². The average Bonchev–Trinajstić information content (AvgIpc) is 2.96. The fourth-order valence-electron chi connectivity index (χ4n) is 2.42. The van der Waals surface area contributed by atoms with Gasteiger partial charge in [0, 0.05) is 23.9 Å². The summed E-state index contributed by atoms with van der Waals surface area (Å²) in [6, 6.07) is 13.2. The molecule has 0 bridgehead atoms. The Morgan fingerprint density at radius 3 is 2.65 bits per heavy atom. The molecule has 6 heteroatoms. The van der Waals surface area contributed by atoms with Gasteiger partial charge in [-0.25, -0.2) is 4.68 Å². The Hall–Kier alpha value is -3.02. The van der Waals surface area contributed by atoms with Gasteiger partial charge in [0.05, 0.1) is 0 Å². The number of tetrazole rings is 1. The number of hydrogen-bond acceptors (Lipinski definition) is 4. The van der Waals surface area contributed by atoms with Crippen molar-refractivity contribution in [1.29, 1.82) is 0 Å². The van der Waals surface area contributed by atoms with Crippen LogP contribution in [0, 0.1) is 13.8 Å². The largest absolute Gasteiger partial charge is 0.322 e. The molecule has 3 aromatic rings. The number of hydrogen-bond donors (Lipinski definition) is 1. The summed E-state index contributed by atoms with van der Waals surface area (Å²) < 4.78 is 1.57.